The highest BCUT2D eigenvalue weighted by Gasteiger charge is 2.45. The Morgan fingerprint density at radius 2 is 1.79 bits per heavy atom. The molecule has 0 bridgehead atoms. The number of nitrogens with zero attached hydrogens (tertiary/aromatic N) is 1. The predicted octanol–water partition coefficient (Wildman–Crippen LogP) is 4.76. The molecule has 1 amide bonds. The first-order valence-corrected chi connectivity index (χ1v) is 9.90. The highest BCUT2D eigenvalue weighted by Crippen LogP contribution is 2.41. The second kappa shape index (κ2) is 8.99. The quantitative estimate of drug-likeness (QED) is 0.308. The van der Waals surface area contributed by atoms with Crippen LogP contribution >= 0.6 is 23.2 Å². The van der Waals surface area contributed by atoms with Crippen LogP contribution in [0.4, 0.5) is 0 Å². The number of carbonyl (C=O) groups is 2. The summed E-state index contributed by atoms with van der Waals surface area (Å²) in [6.45, 7) is 2.66. The number of carbonyl (C=O) groups excluding carboxylic acids is 2. The molecule has 0 saturated carbocycles. The zero-order valence-electron chi connectivity index (χ0n) is 16.1. The monoisotopic (exact) mass is 433 g/mol. The molecule has 152 valence electrons. The average Bonchev–Trinajstić information content (AvgIpc) is 2.95. The van der Waals surface area contributed by atoms with E-state index in [1.807, 2.05) is 19.1 Å². The summed E-state index contributed by atoms with van der Waals surface area (Å²) in [7, 11) is 1.57. The normalized spacial score (nSPS) is 18.5. The highest BCUT2D eigenvalue weighted by atomic mass is 35.5. The number of hydrogen-bond acceptors (Lipinski definition) is 4. The molecule has 0 aromatic heterocycles. The van der Waals surface area contributed by atoms with Gasteiger partial charge in [0.15, 0.2) is 0 Å². The van der Waals surface area contributed by atoms with Gasteiger partial charge >= 0.3 is 0 Å². The van der Waals surface area contributed by atoms with Crippen molar-refractivity contribution >= 4 is 40.7 Å². The van der Waals surface area contributed by atoms with E-state index in [1.54, 1.807) is 37.4 Å². The fourth-order valence-corrected chi connectivity index (χ4v) is 3.69. The van der Waals surface area contributed by atoms with Crippen molar-refractivity contribution in [3.8, 4) is 0 Å². The Morgan fingerprint density at radius 1 is 1.10 bits per heavy atom. The molecule has 1 atom stereocenters. The molecule has 1 aliphatic heterocycles. The molecule has 1 aliphatic rings. The fraction of sp³-hybridized carbons (Fsp3) is 0.273. The molecule has 0 radical (unpaired) electrons. The number of benzene rings is 2. The second-order valence-electron chi connectivity index (χ2n) is 6.88. The third-order valence-electron chi connectivity index (χ3n) is 4.87. The second-order valence-corrected chi connectivity index (χ2v) is 7.69. The third kappa shape index (κ3) is 4.32. The summed E-state index contributed by atoms with van der Waals surface area (Å²) < 4.78 is 5.07. The van der Waals surface area contributed by atoms with E-state index in [2.05, 4.69) is 0 Å². The summed E-state index contributed by atoms with van der Waals surface area (Å²) in [6.07, 6.45) is 0.548. The molecular formula is C22H21Cl2NO4. The average molecular weight is 434 g/mol. The Bertz CT molecular complexity index is 969. The van der Waals surface area contributed by atoms with E-state index in [0.29, 0.717) is 40.7 Å². The minimum absolute atomic E-state index is 0.0367. The number of Topliss-reactive ketones (excluding diaryl/α,β-unsaturated/α-hetero) is 1. The maximum Gasteiger partial charge on any atom is 0.295 e. The van der Waals surface area contributed by atoms with Crippen molar-refractivity contribution in [1.29, 1.82) is 0 Å². The molecule has 29 heavy (non-hydrogen) atoms. The van der Waals surface area contributed by atoms with Crippen molar-refractivity contribution < 1.29 is 19.4 Å². The van der Waals surface area contributed by atoms with Gasteiger partial charge in [0.2, 0.25) is 0 Å². The van der Waals surface area contributed by atoms with E-state index in [9.17, 15) is 14.7 Å². The van der Waals surface area contributed by atoms with Gasteiger partial charge in [-0.05, 0) is 31.0 Å². The van der Waals surface area contributed by atoms with Gasteiger partial charge in [-0.25, -0.2) is 0 Å². The van der Waals surface area contributed by atoms with Crippen molar-refractivity contribution in [3.63, 3.8) is 0 Å². The molecule has 1 N–H and O–H groups in total. The van der Waals surface area contributed by atoms with E-state index in [0.717, 1.165) is 5.56 Å². The lowest BCUT2D eigenvalue weighted by molar-refractivity contribution is -0.140. The number of likely N-dealkylation sites (tertiary alicyclic amines) is 1. The number of rotatable bonds is 6. The molecule has 1 fully saturated rings. The van der Waals surface area contributed by atoms with Gasteiger partial charge in [0, 0.05) is 25.8 Å². The highest BCUT2D eigenvalue weighted by molar-refractivity contribution is 6.46. The number of ether oxygens (including phenoxy) is 1. The molecule has 1 saturated heterocycles. The van der Waals surface area contributed by atoms with E-state index in [1.165, 1.54) is 4.90 Å². The van der Waals surface area contributed by atoms with E-state index < -0.39 is 17.7 Å². The van der Waals surface area contributed by atoms with E-state index in [-0.39, 0.29) is 11.3 Å². The van der Waals surface area contributed by atoms with Crippen molar-refractivity contribution in [3.05, 3.63) is 74.8 Å². The lowest BCUT2D eigenvalue weighted by atomic mass is 9.95. The summed E-state index contributed by atoms with van der Waals surface area (Å²) in [6, 6.07) is 11.3. The molecule has 0 aliphatic carbocycles. The first-order valence-electron chi connectivity index (χ1n) is 9.14. The molecule has 1 heterocycles. The molecule has 2 aromatic carbocycles. The van der Waals surface area contributed by atoms with E-state index >= 15 is 0 Å². The Kier molecular flexibility index (Phi) is 6.63. The molecule has 5 nitrogen and oxygen atoms in total. The molecule has 7 heteroatoms. The maximum absolute atomic E-state index is 12.9. The van der Waals surface area contributed by atoms with Gasteiger partial charge in [0.25, 0.3) is 11.7 Å². The summed E-state index contributed by atoms with van der Waals surface area (Å²) >= 11 is 12.2. The number of aliphatic hydroxyl groups excluding tert-OH is 1. The van der Waals surface area contributed by atoms with Crippen LogP contribution in [0.15, 0.2) is 48.0 Å². The summed E-state index contributed by atoms with van der Waals surface area (Å²) in [5.41, 5.74) is 2.12. The first kappa shape index (κ1) is 21.4. The van der Waals surface area contributed by atoms with Crippen LogP contribution in [0.5, 0.6) is 0 Å². The van der Waals surface area contributed by atoms with Crippen LogP contribution in [0.25, 0.3) is 5.76 Å². The van der Waals surface area contributed by atoms with Gasteiger partial charge in [-0.1, -0.05) is 59.1 Å². The van der Waals surface area contributed by atoms with Crippen LogP contribution in [-0.4, -0.2) is 42.0 Å². The van der Waals surface area contributed by atoms with Gasteiger partial charge in [-0.3, -0.25) is 9.59 Å². The van der Waals surface area contributed by atoms with Crippen LogP contribution in [0, 0.1) is 6.92 Å². The van der Waals surface area contributed by atoms with Crippen LogP contribution in [0.1, 0.15) is 29.2 Å². The lowest BCUT2D eigenvalue weighted by Gasteiger charge is -2.25. The first-order chi connectivity index (χ1) is 13.8. The minimum Gasteiger partial charge on any atom is -0.507 e. The maximum atomic E-state index is 12.9. The number of halogens is 2. The summed E-state index contributed by atoms with van der Waals surface area (Å²) in [4.78, 5) is 27.1. The van der Waals surface area contributed by atoms with Crippen molar-refractivity contribution in [2.24, 2.45) is 0 Å². The largest absolute Gasteiger partial charge is 0.507 e. The Labute approximate surface area is 179 Å². The zero-order valence-corrected chi connectivity index (χ0v) is 17.6. The van der Waals surface area contributed by atoms with Crippen LogP contribution < -0.4 is 0 Å². The third-order valence-corrected chi connectivity index (χ3v) is 5.61. The number of ketones is 1. The topological polar surface area (TPSA) is 66.8 Å². The Hall–Kier alpha value is -2.34. The standard InChI is InChI=1S/C22H21Cl2NO4/c1-13-4-6-14(7-5-13)20(26)18-19(15-8-9-16(23)17(24)12-15)25(10-3-11-29-2)22(28)21(18)27/h4-9,12,19,26H,3,10-11H2,1-2H3/b20-18+/t19-/m1/s1. The lowest BCUT2D eigenvalue weighted by Crippen LogP contribution is -2.31. The number of amides is 1. The van der Waals surface area contributed by atoms with Gasteiger partial charge in [-0.2, -0.15) is 0 Å². The number of hydrogen-bond donors (Lipinski definition) is 1. The minimum atomic E-state index is -0.761. The number of aryl methyl sites for hydroxylation is 1. The van der Waals surface area contributed by atoms with Crippen molar-refractivity contribution in [2.75, 3.05) is 20.3 Å². The number of aliphatic hydroxyl groups is 1. The Balaban J connectivity index is 2.14. The van der Waals surface area contributed by atoms with Gasteiger partial charge in [0.05, 0.1) is 21.7 Å². The molecule has 0 spiro atoms. The van der Waals surface area contributed by atoms with Crippen LogP contribution in [0.2, 0.25) is 10.0 Å². The summed E-state index contributed by atoms with van der Waals surface area (Å²) in [5, 5.41) is 11.6. The van der Waals surface area contributed by atoms with Gasteiger partial charge in [0.1, 0.15) is 5.76 Å². The van der Waals surface area contributed by atoms with E-state index in [4.69, 9.17) is 27.9 Å². The molecule has 0 unspecified atom stereocenters. The van der Waals surface area contributed by atoms with Crippen molar-refractivity contribution in [2.45, 2.75) is 19.4 Å². The smallest absolute Gasteiger partial charge is 0.295 e. The Morgan fingerprint density at radius 3 is 2.41 bits per heavy atom. The fourth-order valence-electron chi connectivity index (χ4n) is 3.39. The molecule has 3 rings (SSSR count). The van der Waals surface area contributed by atoms with Gasteiger partial charge in [-0.15, -0.1) is 0 Å². The van der Waals surface area contributed by atoms with Crippen LogP contribution in [0.3, 0.4) is 0 Å². The van der Waals surface area contributed by atoms with Crippen LogP contribution in [-0.2, 0) is 14.3 Å². The SMILES string of the molecule is COCCCN1C(=O)C(=O)/C(=C(/O)c2ccc(C)cc2)[C@H]1c1ccc(Cl)c(Cl)c1. The van der Waals surface area contributed by atoms with Gasteiger partial charge < -0.3 is 14.7 Å². The molecule has 2 aromatic rings. The molecular weight excluding hydrogens is 413 g/mol. The van der Waals surface area contributed by atoms with Crippen molar-refractivity contribution in [1.82, 2.24) is 4.90 Å². The predicted molar refractivity (Wildman–Crippen MR) is 113 cm³/mol. The zero-order chi connectivity index (χ0) is 21.1. The summed E-state index contributed by atoms with van der Waals surface area (Å²) in [5.74, 6) is -1.60. The number of methoxy groups -OCH3 is 1.